The molecule has 3 N–H and O–H groups in total. The molecular weight excluding hydrogens is 414 g/mol. The number of aromatic nitrogens is 1. The summed E-state index contributed by atoms with van der Waals surface area (Å²) in [5, 5.41) is 0.940. The highest BCUT2D eigenvalue weighted by Crippen LogP contribution is 2.31. The van der Waals surface area contributed by atoms with Crippen LogP contribution in [0.2, 0.25) is 0 Å². The van der Waals surface area contributed by atoms with Gasteiger partial charge >= 0.3 is 0 Å². The lowest BCUT2D eigenvalue weighted by Gasteiger charge is -2.28. The Balaban J connectivity index is 1.71. The monoisotopic (exact) mass is 437 g/mol. The number of carbonyl (C=O) groups is 2. The Morgan fingerprint density at radius 1 is 1.00 bits per heavy atom. The first-order valence-corrected chi connectivity index (χ1v) is 10.8. The number of amides is 2. The second kappa shape index (κ2) is 8.72. The molecule has 1 aliphatic rings. The van der Waals surface area contributed by atoms with Crippen molar-refractivity contribution in [2.75, 3.05) is 22.9 Å². The molecule has 0 fully saturated rings. The third-order valence-corrected chi connectivity index (χ3v) is 5.76. The quantitative estimate of drug-likeness (QED) is 0.453. The second-order valence-electron chi connectivity index (χ2n) is 7.77. The van der Waals surface area contributed by atoms with Gasteiger partial charge in [0, 0.05) is 35.1 Å². The van der Waals surface area contributed by atoms with Gasteiger partial charge in [0.25, 0.3) is 5.91 Å². The molecule has 1 aliphatic heterocycles. The summed E-state index contributed by atoms with van der Waals surface area (Å²) in [6.07, 6.45) is -0.444. The summed E-state index contributed by atoms with van der Waals surface area (Å²) in [5.74, 6) is 0.184. The van der Waals surface area contributed by atoms with E-state index in [4.69, 9.17) is 10.7 Å². The van der Waals surface area contributed by atoms with Crippen molar-refractivity contribution in [3.05, 3.63) is 96.1 Å². The number of hydrogen-bond acceptors (Lipinski definition) is 4. The van der Waals surface area contributed by atoms with Crippen LogP contribution in [0, 0.1) is 0 Å². The van der Waals surface area contributed by atoms with Crippen molar-refractivity contribution in [2.45, 2.75) is 6.17 Å². The number of para-hydroxylation sites is 2. The molecule has 0 saturated heterocycles. The molecule has 164 valence electrons. The van der Waals surface area contributed by atoms with Gasteiger partial charge in [0.15, 0.2) is 0 Å². The van der Waals surface area contributed by atoms with Crippen LogP contribution in [0.5, 0.6) is 0 Å². The van der Waals surface area contributed by atoms with Crippen LogP contribution in [0.1, 0.15) is 11.1 Å². The van der Waals surface area contributed by atoms with Crippen molar-refractivity contribution in [1.82, 2.24) is 4.98 Å². The number of fused-ring (bicyclic) bond motifs is 2. The number of benzene rings is 3. The Bertz CT molecular complexity index is 1310. The SMILES string of the molecule is NCCN1C(=O)C(N(C=O)c2cc3ccccc3[nH]2)N=C(c2ccccc2)c2ccccc21. The summed E-state index contributed by atoms with van der Waals surface area (Å²) in [5.41, 5.74) is 9.79. The Morgan fingerprint density at radius 3 is 2.48 bits per heavy atom. The van der Waals surface area contributed by atoms with E-state index in [1.165, 1.54) is 4.90 Å². The Labute approximate surface area is 191 Å². The lowest BCUT2D eigenvalue weighted by atomic mass is 10.0. The van der Waals surface area contributed by atoms with E-state index >= 15 is 0 Å². The van der Waals surface area contributed by atoms with Crippen LogP contribution in [0.3, 0.4) is 0 Å². The maximum absolute atomic E-state index is 13.8. The topological polar surface area (TPSA) is 94.8 Å². The van der Waals surface area contributed by atoms with Crippen LogP contribution >= 0.6 is 0 Å². The van der Waals surface area contributed by atoms with Crippen molar-refractivity contribution in [3.8, 4) is 0 Å². The van der Waals surface area contributed by atoms with Crippen molar-refractivity contribution in [3.63, 3.8) is 0 Å². The Hall–Kier alpha value is -4.23. The minimum absolute atomic E-state index is 0.279. The highest BCUT2D eigenvalue weighted by atomic mass is 16.2. The van der Waals surface area contributed by atoms with E-state index in [0.717, 1.165) is 27.7 Å². The number of anilines is 2. The van der Waals surface area contributed by atoms with Crippen molar-refractivity contribution >= 4 is 40.4 Å². The van der Waals surface area contributed by atoms with E-state index in [-0.39, 0.29) is 12.5 Å². The average molecular weight is 438 g/mol. The normalized spacial score (nSPS) is 15.7. The Morgan fingerprint density at radius 2 is 1.73 bits per heavy atom. The molecule has 0 aliphatic carbocycles. The molecule has 1 unspecified atom stereocenters. The van der Waals surface area contributed by atoms with E-state index in [2.05, 4.69) is 4.98 Å². The molecule has 5 rings (SSSR count). The van der Waals surface area contributed by atoms with Crippen LogP contribution in [-0.4, -0.2) is 42.3 Å². The first-order chi connectivity index (χ1) is 16.2. The van der Waals surface area contributed by atoms with Gasteiger partial charge in [0.05, 0.1) is 11.4 Å². The minimum Gasteiger partial charge on any atom is -0.341 e. The number of nitrogens with two attached hydrogens (primary N) is 1. The zero-order valence-electron chi connectivity index (χ0n) is 17.9. The van der Waals surface area contributed by atoms with Gasteiger partial charge in [-0.05, 0) is 18.2 Å². The third kappa shape index (κ3) is 3.68. The van der Waals surface area contributed by atoms with E-state index in [0.29, 0.717) is 24.5 Å². The van der Waals surface area contributed by atoms with Gasteiger partial charge in [0.1, 0.15) is 5.82 Å². The number of benzodiazepines with no additional fused rings is 1. The molecule has 1 aromatic heterocycles. The van der Waals surface area contributed by atoms with E-state index in [1.807, 2.05) is 84.9 Å². The van der Waals surface area contributed by atoms with Gasteiger partial charge in [-0.25, -0.2) is 4.99 Å². The van der Waals surface area contributed by atoms with E-state index in [1.54, 1.807) is 4.90 Å². The van der Waals surface area contributed by atoms with E-state index in [9.17, 15) is 9.59 Å². The lowest BCUT2D eigenvalue weighted by molar-refractivity contribution is -0.121. The van der Waals surface area contributed by atoms with E-state index < -0.39 is 6.17 Å². The Kier molecular flexibility index (Phi) is 5.46. The number of hydrogen-bond donors (Lipinski definition) is 2. The lowest BCUT2D eigenvalue weighted by Crippen LogP contribution is -2.48. The molecule has 0 radical (unpaired) electrons. The minimum atomic E-state index is -1.09. The molecule has 2 amide bonds. The maximum atomic E-state index is 13.8. The molecule has 2 heterocycles. The number of aromatic amines is 1. The molecular formula is C26H23N5O2. The zero-order chi connectivity index (χ0) is 22.8. The molecule has 7 nitrogen and oxygen atoms in total. The summed E-state index contributed by atoms with van der Waals surface area (Å²) in [7, 11) is 0. The highest BCUT2D eigenvalue weighted by Gasteiger charge is 2.36. The molecule has 3 aromatic carbocycles. The molecule has 4 aromatic rings. The number of carbonyl (C=O) groups excluding carboxylic acids is 2. The fourth-order valence-electron chi connectivity index (χ4n) is 4.22. The summed E-state index contributed by atoms with van der Waals surface area (Å²) in [6.45, 7) is 0.588. The molecule has 7 heteroatoms. The van der Waals surface area contributed by atoms with Crippen molar-refractivity contribution < 1.29 is 9.59 Å². The predicted molar refractivity (Wildman–Crippen MR) is 131 cm³/mol. The maximum Gasteiger partial charge on any atom is 0.272 e. The van der Waals surface area contributed by atoms with Crippen LogP contribution in [0.4, 0.5) is 11.5 Å². The van der Waals surface area contributed by atoms with Crippen molar-refractivity contribution in [1.29, 1.82) is 0 Å². The summed E-state index contributed by atoms with van der Waals surface area (Å²) in [4.78, 5) is 37.3. The van der Waals surface area contributed by atoms with Gasteiger partial charge in [-0.15, -0.1) is 0 Å². The number of nitrogens with one attached hydrogen (secondary N) is 1. The van der Waals surface area contributed by atoms with Gasteiger partial charge in [0.2, 0.25) is 12.6 Å². The molecule has 1 atom stereocenters. The van der Waals surface area contributed by atoms with Crippen LogP contribution < -0.4 is 15.5 Å². The number of aliphatic imine (C=N–C) groups is 1. The summed E-state index contributed by atoms with van der Waals surface area (Å²) >= 11 is 0. The smallest absolute Gasteiger partial charge is 0.272 e. The van der Waals surface area contributed by atoms with Crippen LogP contribution in [-0.2, 0) is 9.59 Å². The molecule has 0 saturated carbocycles. The number of H-pyrrole nitrogens is 1. The largest absolute Gasteiger partial charge is 0.341 e. The average Bonchev–Trinajstić information content (AvgIpc) is 3.24. The standard InChI is InChI=1S/C26H23N5O2/c27-14-15-30-22-13-7-5-11-20(22)24(18-8-2-1-3-9-18)29-25(26(30)33)31(17-32)23-16-19-10-4-6-12-21(19)28-23/h1-13,16-17,25,28H,14-15,27H2. The van der Waals surface area contributed by atoms with Crippen molar-refractivity contribution in [2.24, 2.45) is 10.7 Å². The molecule has 0 spiro atoms. The van der Waals surface area contributed by atoms with Gasteiger partial charge in [-0.1, -0.05) is 66.7 Å². The van der Waals surface area contributed by atoms with Crippen LogP contribution in [0.25, 0.3) is 10.9 Å². The molecule has 0 bridgehead atoms. The van der Waals surface area contributed by atoms with Gasteiger partial charge in [-0.3, -0.25) is 14.5 Å². The predicted octanol–water partition coefficient (Wildman–Crippen LogP) is 3.30. The fraction of sp³-hybridized carbons (Fsp3) is 0.115. The first-order valence-electron chi connectivity index (χ1n) is 10.8. The highest BCUT2D eigenvalue weighted by molar-refractivity contribution is 6.20. The summed E-state index contributed by atoms with van der Waals surface area (Å²) < 4.78 is 0. The summed E-state index contributed by atoms with van der Waals surface area (Å²) in [6, 6.07) is 26.9. The first kappa shape index (κ1) is 20.7. The third-order valence-electron chi connectivity index (χ3n) is 5.76. The van der Waals surface area contributed by atoms with Gasteiger partial charge < -0.3 is 15.6 Å². The number of nitrogens with zero attached hydrogens (tertiary/aromatic N) is 3. The second-order valence-corrected chi connectivity index (χ2v) is 7.77. The molecule has 33 heavy (non-hydrogen) atoms. The van der Waals surface area contributed by atoms with Gasteiger partial charge in [-0.2, -0.15) is 0 Å². The fourth-order valence-corrected chi connectivity index (χ4v) is 4.22. The zero-order valence-corrected chi connectivity index (χ0v) is 17.9. The van der Waals surface area contributed by atoms with Crippen LogP contribution in [0.15, 0.2) is 89.9 Å². The number of rotatable bonds is 6.